The molecule has 1 fully saturated rings. The van der Waals surface area contributed by atoms with E-state index >= 15 is 0 Å². The molecule has 0 bridgehead atoms. The molecule has 4 nitrogen and oxygen atoms in total. The minimum absolute atomic E-state index is 0. The van der Waals surface area contributed by atoms with Gasteiger partial charge >= 0.3 is 0 Å². The van der Waals surface area contributed by atoms with Crippen LogP contribution in [0.5, 0.6) is 5.75 Å². The summed E-state index contributed by atoms with van der Waals surface area (Å²) in [6.45, 7) is 9.41. The number of phenolic OH excluding ortho intramolecular Hbond substituents is 1. The molecule has 2 N–H and O–H groups in total. The first-order valence-corrected chi connectivity index (χ1v) is 8.82. The summed E-state index contributed by atoms with van der Waals surface area (Å²) in [6.07, 6.45) is 1.18. The molecule has 2 aromatic rings. The van der Waals surface area contributed by atoms with Crippen molar-refractivity contribution in [3.05, 3.63) is 42.0 Å². The molecule has 25 heavy (non-hydrogen) atoms. The molecule has 0 amide bonds. The van der Waals surface area contributed by atoms with Crippen LogP contribution in [0.1, 0.15) is 32.8 Å². The molecule has 0 radical (unpaired) electrons. The van der Waals surface area contributed by atoms with E-state index in [0.717, 1.165) is 29.8 Å². The van der Waals surface area contributed by atoms with Gasteiger partial charge in [-0.2, -0.15) is 0 Å². The molecule has 1 atom stereocenters. The second-order valence-corrected chi connectivity index (χ2v) is 7.02. The largest absolute Gasteiger partial charge is 0.508 e. The van der Waals surface area contributed by atoms with Crippen LogP contribution in [0.2, 0.25) is 0 Å². The molecule has 1 unspecified atom stereocenters. The Kier molecular flexibility index (Phi) is 6.93. The maximum atomic E-state index is 9.55. The standard InChI is InChI=1S/C20H27N3O.HI/c1-4-23-13-18(9-14(2)3)22-20(23)21-12-15-5-6-17-11-19(24)8-7-16(17)10-15;/h5-8,10-11,14,18,24H,4,9,12-13H2,1-3H3,(H,21,22);1H. The van der Waals surface area contributed by atoms with E-state index < -0.39 is 0 Å². The third-order valence-electron chi connectivity index (χ3n) is 4.51. The van der Waals surface area contributed by atoms with Gasteiger partial charge in [0.1, 0.15) is 5.75 Å². The summed E-state index contributed by atoms with van der Waals surface area (Å²) >= 11 is 0. The van der Waals surface area contributed by atoms with E-state index in [4.69, 9.17) is 4.99 Å². The van der Waals surface area contributed by atoms with Crippen molar-refractivity contribution in [2.45, 2.75) is 39.8 Å². The van der Waals surface area contributed by atoms with Crippen LogP contribution >= 0.6 is 24.0 Å². The van der Waals surface area contributed by atoms with Crippen molar-refractivity contribution in [2.24, 2.45) is 10.9 Å². The molecule has 136 valence electrons. The monoisotopic (exact) mass is 453 g/mol. The Hall–Kier alpha value is -1.50. The average Bonchev–Trinajstić information content (AvgIpc) is 2.94. The van der Waals surface area contributed by atoms with Gasteiger partial charge in [-0.3, -0.25) is 0 Å². The van der Waals surface area contributed by atoms with Gasteiger partial charge in [0.05, 0.1) is 6.54 Å². The molecule has 1 saturated heterocycles. The summed E-state index contributed by atoms with van der Waals surface area (Å²) in [5.74, 6) is 2.02. The fourth-order valence-corrected chi connectivity index (χ4v) is 3.35. The zero-order valence-corrected chi connectivity index (χ0v) is 17.5. The van der Waals surface area contributed by atoms with Crippen molar-refractivity contribution in [1.29, 1.82) is 0 Å². The number of phenols is 1. The molecule has 0 spiro atoms. The summed E-state index contributed by atoms with van der Waals surface area (Å²) in [7, 11) is 0. The van der Waals surface area contributed by atoms with Gasteiger partial charge in [-0.1, -0.05) is 32.0 Å². The quantitative estimate of drug-likeness (QED) is 0.662. The molecular weight excluding hydrogens is 425 g/mol. The lowest BCUT2D eigenvalue weighted by atomic mass is 10.0. The fourth-order valence-electron chi connectivity index (χ4n) is 3.35. The first-order chi connectivity index (χ1) is 11.5. The van der Waals surface area contributed by atoms with Crippen molar-refractivity contribution in [3.8, 4) is 5.75 Å². The van der Waals surface area contributed by atoms with Crippen molar-refractivity contribution >= 4 is 40.7 Å². The Bertz CT molecular complexity index is 745. The Morgan fingerprint density at radius 1 is 1.20 bits per heavy atom. The number of benzene rings is 2. The Morgan fingerprint density at radius 2 is 1.92 bits per heavy atom. The summed E-state index contributed by atoms with van der Waals surface area (Å²) in [5.41, 5.74) is 1.19. The van der Waals surface area contributed by atoms with Crippen LogP contribution in [-0.4, -0.2) is 35.1 Å². The van der Waals surface area contributed by atoms with Crippen LogP contribution in [0.3, 0.4) is 0 Å². The highest BCUT2D eigenvalue weighted by Gasteiger charge is 2.25. The number of aliphatic imine (C=N–C) groups is 1. The highest BCUT2D eigenvalue weighted by Crippen LogP contribution is 2.21. The van der Waals surface area contributed by atoms with Crippen LogP contribution in [0.15, 0.2) is 41.4 Å². The normalized spacial score (nSPS) is 18.6. The van der Waals surface area contributed by atoms with Gasteiger partial charge < -0.3 is 15.3 Å². The number of halogens is 1. The third kappa shape index (κ3) is 5.00. The van der Waals surface area contributed by atoms with Crippen molar-refractivity contribution < 1.29 is 5.11 Å². The summed E-state index contributed by atoms with van der Waals surface area (Å²) < 4.78 is 0. The van der Waals surface area contributed by atoms with E-state index in [1.165, 1.54) is 12.0 Å². The van der Waals surface area contributed by atoms with Crippen LogP contribution < -0.4 is 5.32 Å². The smallest absolute Gasteiger partial charge is 0.194 e. The maximum absolute atomic E-state index is 9.55. The highest BCUT2D eigenvalue weighted by molar-refractivity contribution is 14.0. The number of fused-ring (bicyclic) bond motifs is 1. The Labute approximate surface area is 167 Å². The fraction of sp³-hybridized carbons (Fsp3) is 0.450. The van der Waals surface area contributed by atoms with Crippen LogP contribution in [0.25, 0.3) is 10.8 Å². The number of rotatable bonds is 5. The number of likely N-dealkylation sites (N-methyl/N-ethyl adjacent to an activating group) is 1. The van der Waals surface area contributed by atoms with Crippen molar-refractivity contribution in [2.75, 3.05) is 13.1 Å². The molecule has 2 aromatic carbocycles. The molecule has 0 saturated carbocycles. The number of hydrogen-bond donors (Lipinski definition) is 2. The van der Waals surface area contributed by atoms with Gasteiger partial charge in [0, 0.05) is 19.1 Å². The lowest BCUT2D eigenvalue weighted by Gasteiger charge is -2.14. The van der Waals surface area contributed by atoms with Gasteiger partial charge in [-0.15, -0.1) is 24.0 Å². The predicted molar refractivity (Wildman–Crippen MR) is 116 cm³/mol. The molecule has 5 heteroatoms. The second-order valence-electron chi connectivity index (χ2n) is 7.02. The number of guanidine groups is 1. The maximum Gasteiger partial charge on any atom is 0.194 e. The first-order valence-electron chi connectivity index (χ1n) is 8.82. The highest BCUT2D eigenvalue weighted by atomic mass is 127. The Balaban J connectivity index is 0.00000225. The molecule has 1 aliphatic rings. The number of nitrogens with one attached hydrogen (secondary N) is 1. The predicted octanol–water partition coefficient (Wildman–Crippen LogP) is 4.36. The lowest BCUT2D eigenvalue weighted by Crippen LogP contribution is -2.31. The average molecular weight is 453 g/mol. The van der Waals surface area contributed by atoms with E-state index in [1.807, 2.05) is 12.1 Å². The van der Waals surface area contributed by atoms with E-state index in [-0.39, 0.29) is 24.0 Å². The molecule has 0 aromatic heterocycles. The van der Waals surface area contributed by atoms with Crippen molar-refractivity contribution in [3.63, 3.8) is 0 Å². The van der Waals surface area contributed by atoms with E-state index in [1.54, 1.807) is 12.1 Å². The summed E-state index contributed by atoms with van der Waals surface area (Å²) in [5, 5.41) is 15.3. The lowest BCUT2D eigenvalue weighted by molar-refractivity contribution is 0.410. The molecular formula is C20H28IN3O. The zero-order valence-electron chi connectivity index (χ0n) is 15.2. The minimum Gasteiger partial charge on any atom is -0.508 e. The molecule has 3 rings (SSSR count). The van der Waals surface area contributed by atoms with E-state index in [0.29, 0.717) is 24.3 Å². The second kappa shape index (κ2) is 8.74. The van der Waals surface area contributed by atoms with Gasteiger partial charge in [-0.25, -0.2) is 4.99 Å². The summed E-state index contributed by atoms with van der Waals surface area (Å²) in [4.78, 5) is 7.14. The van der Waals surface area contributed by atoms with Gasteiger partial charge in [0.2, 0.25) is 0 Å². The summed E-state index contributed by atoms with van der Waals surface area (Å²) in [6, 6.07) is 12.3. The van der Waals surface area contributed by atoms with E-state index in [9.17, 15) is 5.11 Å². The molecule has 0 aliphatic carbocycles. The molecule has 1 heterocycles. The first kappa shape index (κ1) is 19.8. The van der Waals surface area contributed by atoms with Crippen molar-refractivity contribution in [1.82, 2.24) is 10.2 Å². The number of nitrogens with zero attached hydrogens (tertiary/aromatic N) is 2. The van der Waals surface area contributed by atoms with Gasteiger partial charge in [-0.05, 0) is 53.8 Å². The van der Waals surface area contributed by atoms with Crippen LogP contribution in [0, 0.1) is 5.92 Å². The molecule has 1 aliphatic heterocycles. The zero-order chi connectivity index (χ0) is 17.1. The van der Waals surface area contributed by atoms with Gasteiger partial charge in [0.25, 0.3) is 0 Å². The minimum atomic E-state index is 0. The van der Waals surface area contributed by atoms with Crippen LogP contribution in [-0.2, 0) is 6.54 Å². The third-order valence-corrected chi connectivity index (χ3v) is 4.51. The SMILES string of the molecule is CCN1CC(CC(C)C)NC1=NCc1ccc2cc(O)ccc2c1.I. The van der Waals surface area contributed by atoms with E-state index in [2.05, 4.69) is 43.1 Å². The topological polar surface area (TPSA) is 47.9 Å². The number of hydrogen-bond acceptors (Lipinski definition) is 2. The van der Waals surface area contributed by atoms with Gasteiger partial charge in [0.15, 0.2) is 5.96 Å². The number of aromatic hydroxyl groups is 1. The van der Waals surface area contributed by atoms with Crippen LogP contribution in [0.4, 0.5) is 0 Å². The Morgan fingerprint density at radius 3 is 2.64 bits per heavy atom.